The van der Waals surface area contributed by atoms with Crippen molar-refractivity contribution in [3.8, 4) is 5.75 Å². The molecule has 0 radical (unpaired) electrons. The predicted molar refractivity (Wildman–Crippen MR) is 83.2 cm³/mol. The fraction of sp³-hybridized carbons (Fsp3) is 0.600. The van der Waals surface area contributed by atoms with Crippen molar-refractivity contribution in [1.82, 2.24) is 10.0 Å². The van der Waals surface area contributed by atoms with Crippen LogP contribution in [0.2, 0.25) is 0 Å². The molecular weight excluding hydrogens is 288 g/mol. The van der Waals surface area contributed by atoms with Crippen molar-refractivity contribution in [1.29, 1.82) is 0 Å². The van der Waals surface area contributed by atoms with E-state index in [0.717, 1.165) is 30.7 Å². The Bertz CT molecular complexity index is 566. The van der Waals surface area contributed by atoms with Crippen LogP contribution in [-0.2, 0) is 10.0 Å². The Morgan fingerprint density at radius 1 is 1.38 bits per heavy atom. The van der Waals surface area contributed by atoms with Crippen LogP contribution in [0.3, 0.4) is 0 Å². The first-order valence-corrected chi connectivity index (χ1v) is 8.97. The van der Waals surface area contributed by atoms with Crippen molar-refractivity contribution in [3.63, 3.8) is 0 Å². The Morgan fingerprint density at radius 3 is 2.81 bits per heavy atom. The summed E-state index contributed by atoms with van der Waals surface area (Å²) in [7, 11) is -3.46. The average Bonchev–Trinajstić information content (AvgIpc) is 2.48. The lowest BCUT2D eigenvalue weighted by molar-refractivity contribution is 0.337. The molecule has 5 nitrogen and oxygen atoms in total. The van der Waals surface area contributed by atoms with Gasteiger partial charge in [0.25, 0.3) is 0 Å². The first-order valence-electron chi connectivity index (χ1n) is 7.49. The van der Waals surface area contributed by atoms with E-state index in [1.54, 1.807) is 18.2 Å². The van der Waals surface area contributed by atoms with Crippen LogP contribution in [0.1, 0.15) is 31.7 Å². The van der Waals surface area contributed by atoms with Gasteiger partial charge in [-0.15, -0.1) is 0 Å². The Hall–Kier alpha value is -1.11. The first-order chi connectivity index (χ1) is 10.0. The maximum atomic E-state index is 12.3. The van der Waals surface area contributed by atoms with Crippen molar-refractivity contribution in [2.24, 2.45) is 0 Å². The molecule has 0 saturated carbocycles. The van der Waals surface area contributed by atoms with Crippen molar-refractivity contribution in [2.45, 2.75) is 44.0 Å². The predicted octanol–water partition coefficient (Wildman–Crippen LogP) is 1.81. The number of benzene rings is 1. The summed E-state index contributed by atoms with van der Waals surface area (Å²) in [5.41, 5.74) is 0.829. The molecule has 0 aromatic heterocycles. The summed E-state index contributed by atoms with van der Waals surface area (Å²) < 4.78 is 32.8. The van der Waals surface area contributed by atoms with Crippen LogP contribution in [0.4, 0.5) is 0 Å². The van der Waals surface area contributed by atoms with E-state index < -0.39 is 10.0 Å². The summed E-state index contributed by atoms with van der Waals surface area (Å²) in [5, 5.41) is 3.33. The number of nitrogens with one attached hydrogen (secondary N) is 2. The maximum Gasteiger partial charge on any atom is 0.240 e. The minimum Gasteiger partial charge on any atom is -0.494 e. The number of rotatable bonds is 6. The van der Waals surface area contributed by atoms with Crippen LogP contribution in [-0.4, -0.2) is 34.2 Å². The van der Waals surface area contributed by atoms with Gasteiger partial charge in [-0.1, -0.05) is 6.42 Å². The topological polar surface area (TPSA) is 67.4 Å². The molecule has 0 spiro atoms. The van der Waals surface area contributed by atoms with Gasteiger partial charge in [0.2, 0.25) is 10.0 Å². The molecule has 1 aliphatic heterocycles. The molecule has 1 aromatic carbocycles. The number of hydrogen-bond acceptors (Lipinski definition) is 4. The van der Waals surface area contributed by atoms with E-state index in [4.69, 9.17) is 4.74 Å². The van der Waals surface area contributed by atoms with Gasteiger partial charge in [-0.2, -0.15) is 0 Å². The molecule has 6 heteroatoms. The fourth-order valence-corrected chi connectivity index (χ4v) is 3.66. The molecule has 1 unspecified atom stereocenters. The quantitative estimate of drug-likeness (QED) is 0.841. The van der Waals surface area contributed by atoms with Gasteiger partial charge in [0.05, 0.1) is 11.5 Å². The molecule has 118 valence electrons. The highest BCUT2D eigenvalue weighted by atomic mass is 32.2. The van der Waals surface area contributed by atoms with Gasteiger partial charge in [-0.3, -0.25) is 0 Å². The second-order valence-corrected chi connectivity index (χ2v) is 7.13. The largest absolute Gasteiger partial charge is 0.494 e. The third-order valence-electron chi connectivity index (χ3n) is 3.69. The summed E-state index contributed by atoms with van der Waals surface area (Å²) in [6, 6.07) is 5.19. The van der Waals surface area contributed by atoms with E-state index in [1.807, 2.05) is 13.8 Å². The van der Waals surface area contributed by atoms with Crippen LogP contribution in [0.5, 0.6) is 5.75 Å². The first kappa shape index (κ1) is 16.3. The van der Waals surface area contributed by atoms with Gasteiger partial charge in [0.1, 0.15) is 5.75 Å². The molecule has 1 atom stereocenters. The molecule has 1 fully saturated rings. The molecule has 2 N–H and O–H groups in total. The lowest BCUT2D eigenvalue weighted by Gasteiger charge is -2.23. The summed E-state index contributed by atoms with van der Waals surface area (Å²) in [5.74, 6) is 0.727. The van der Waals surface area contributed by atoms with E-state index >= 15 is 0 Å². The lowest BCUT2D eigenvalue weighted by atomic mass is 10.1. The Kier molecular flexibility index (Phi) is 5.61. The third-order valence-corrected chi connectivity index (χ3v) is 5.11. The summed E-state index contributed by atoms with van der Waals surface area (Å²) in [6.07, 6.45) is 3.34. The van der Waals surface area contributed by atoms with Crippen LogP contribution < -0.4 is 14.8 Å². The molecule has 1 saturated heterocycles. The molecular formula is C15H24N2O3S. The van der Waals surface area contributed by atoms with Crippen molar-refractivity contribution in [2.75, 3.05) is 19.7 Å². The highest BCUT2D eigenvalue weighted by Crippen LogP contribution is 2.21. The normalized spacial score (nSPS) is 19.4. The number of ether oxygens (including phenoxy) is 1. The van der Waals surface area contributed by atoms with Crippen LogP contribution in [0, 0.1) is 6.92 Å². The Balaban J connectivity index is 2.03. The summed E-state index contributed by atoms with van der Waals surface area (Å²) in [4.78, 5) is 0.291. The van der Waals surface area contributed by atoms with E-state index in [9.17, 15) is 8.42 Å². The number of piperidine rings is 1. The SMILES string of the molecule is CCOc1ccc(S(=O)(=O)NCC2CCCCN2)cc1C. The minimum absolute atomic E-state index is 0.234. The molecule has 1 heterocycles. The summed E-state index contributed by atoms with van der Waals surface area (Å²) in [6.45, 7) is 5.73. The van der Waals surface area contributed by atoms with Gasteiger partial charge < -0.3 is 10.1 Å². The molecule has 1 aliphatic rings. The molecule has 0 bridgehead atoms. The highest BCUT2D eigenvalue weighted by Gasteiger charge is 2.19. The second-order valence-electron chi connectivity index (χ2n) is 5.36. The lowest BCUT2D eigenvalue weighted by Crippen LogP contribution is -2.43. The van der Waals surface area contributed by atoms with Crippen molar-refractivity contribution >= 4 is 10.0 Å². The smallest absolute Gasteiger partial charge is 0.240 e. The standard InChI is InChI=1S/C15H24N2O3S/c1-3-20-15-8-7-14(10-12(15)2)21(18,19)17-11-13-6-4-5-9-16-13/h7-8,10,13,16-17H,3-6,9,11H2,1-2H3. The number of hydrogen-bond donors (Lipinski definition) is 2. The number of sulfonamides is 1. The zero-order valence-electron chi connectivity index (χ0n) is 12.7. The zero-order chi connectivity index (χ0) is 15.3. The van der Waals surface area contributed by atoms with E-state index in [-0.39, 0.29) is 6.04 Å². The van der Waals surface area contributed by atoms with Gasteiger partial charge in [0.15, 0.2) is 0 Å². The highest BCUT2D eigenvalue weighted by molar-refractivity contribution is 7.89. The Labute approximate surface area is 127 Å². The van der Waals surface area contributed by atoms with Gasteiger partial charge in [-0.25, -0.2) is 13.1 Å². The van der Waals surface area contributed by atoms with Gasteiger partial charge >= 0.3 is 0 Å². The molecule has 2 rings (SSSR count). The van der Waals surface area contributed by atoms with Gasteiger partial charge in [0, 0.05) is 12.6 Å². The molecule has 0 amide bonds. The van der Waals surface area contributed by atoms with Crippen LogP contribution in [0.15, 0.2) is 23.1 Å². The molecule has 0 aliphatic carbocycles. The summed E-state index contributed by atoms with van der Waals surface area (Å²) >= 11 is 0. The minimum atomic E-state index is -3.46. The second kappa shape index (κ2) is 7.24. The number of aryl methyl sites for hydroxylation is 1. The van der Waals surface area contributed by atoms with E-state index in [1.165, 1.54) is 6.42 Å². The molecule has 1 aromatic rings. The van der Waals surface area contributed by atoms with Crippen LogP contribution >= 0.6 is 0 Å². The van der Waals surface area contributed by atoms with Crippen molar-refractivity contribution in [3.05, 3.63) is 23.8 Å². The van der Waals surface area contributed by atoms with Gasteiger partial charge in [-0.05, 0) is 57.0 Å². The zero-order valence-corrected chi connectivity index (χ0v) is 13.5. The monoisotopic (exact) mass is 312 g/mol. The van der Waals surface area contributed by atoms with Crippen LogP contribution in [0.25, 0.3) is 0 Å². The van der Waals surface area contributed by atoms with E-state index in [0.29, 0.717) is 18.0 Å². The maximum absolute atomic E-state index is 12.3. The Morgan fingerprint density at radius 2 is 2.19 bits per heavy atom. The van der Waals surface area contributed by atoms with Crippen molar-refractivity contribution < 1.29 is 13.2 Å². The average molecular weight is 312 g/mol. The third kappa shape index (κ3) is 4.43. The fourth-order valence-electron chi connectivity index (χ4n) is 2.50. The van der Waals surface area contributed by atoms with E-state index in [2.05, 4.69) is 10.0 Å². The molecule has 21 heavy (non-hydrogen) atoms.